The summed E-state index contributed by atoms with van der Waals surface area (Å²) in [6.45, 7) is -0.753. The average molecular weight is 370 g/mol. The molecule has 26 heavy (non-hydrogen) atoms. The lowest BCUT2D eigenvalue weighted by Crippen LogP contribution is -2.36. The number of halogens is 3. The highest BCUT2D eigenvalue weighted by Crippen LogP contribution is 2.38. The van der Waals surface area contributed by atoms with Crippen molar-refractivity contribution in [1.29, 1.82) is 10.5 Å². The predicted molar refractivity (Wildman–Crippen MR) is 80.6 cm³/mol. The highest BCUT2D eigenvalue weighted by atomic mass is 19.4. The van der Waals surface area contributed by atoms with Crippen molar-refractivity contribution in [2.24, 2.45) is 0 Å². The number of amides is 1. The van der Waals surface area contributed by atoms with E-state index < -0.39 is 40.6 Å². The fraction of sp³-hybridized carbons (Fsp3) is 0.400. The van der Waals surface area contributed by atoms with Crippen LogP contribution in [-0.4, -0.2) is 35.4 Å². The van der Waals surface area contributed by atoms with Crippen molar-refractivity contribution in [3.8, 4) is 17.9 Å². The summed E-state index contributed by atoms with van der Waals surface area (Å²) in [5, 5.41) is 27.8. The van der Waals surface area contributed by atoms with Crippen molar-refractivity contribution < 1.29 is 27.6 Å². The van der Waals surface area contributed by atoms with Crippen LogP contribution >= 0.6 is 0 Å². The van der Waals surface area contributed by atoms with E-state index in [4.69, 9.17) is 15.3 Å². The molecule has 0 N–H and O–H groups in total. The molecule has 0 atom stereocenters. The van der Waals surface area contributed by atoms with Gasteiger partial charge in [0.15, 0.2) is 6.61 Å². The molecule has 0 aliphatic carbocycles. The molecular weight excluding hydrogens is 357 g/mol. The maximum atomic E-state index is 13.0. The first-order valence-electron chi connectivity index (χ1n) is 7.20. The summed E-state index contributed by atoms with van der Waals surface area (Å²) in [6, 6.07) is 5.56. The number of nitriles is 2. The minimum atomic E-state index is -4.91. The van der Waals surface area contributed by atoms with Gasteiger partial charge in [0.1, 0.15) is 11.3 Å². The fourth-order valence-electron chi connectivity index (χ4n) is 1.94. The molecule has 11 heteroatoms. The third-order valence-electron chi connectivity index (χ3n) is 3.17. The topological polar surface area (TPSA) is 120 Å². The van der Waals surface area contributed by atoms with Gasteiger partial charge >= 0.3 is 6.18 Å². The Kier molecular flexibility index (Phi) is 7.34. The van der Waals surface area contributed by atoms with Crippen LogP contribution in [0.5, 0.6) is 5.75 Å². The van der Waals surface area contributed by atoms with Gasteiger partial charge in [0.05, 0.1) is 29.9 Å². The molecule has 8 nitrogen and oxygen atoms in total. The van der Waals surface area contributed by atoms with E-state index in [9.17, 15) is 28.1 Å². The van der Waals surface area contributed by atoms with Gasteiger partial charge in [-0.15, -0.1) is 0 Å². The summed E-state index contributed by atoms with van der Waals surface area (Å²) in [4.78, 5) is 22.8. The molecule has 0 bridgehead atoms. The Hall–Kier alpha value is -3.34. The molecule has 0 fully saturated rings. The second kappa shape index (κ2) is 9.22. The van der Waals surface area contributed by atoms with Crippen molar-refractivity contribution in [2.45, 2.75) is 19.0 Å². The molecule has 1 aromatic carbocycles. The van der Waals surface area contributed by atoms with Gasteiger partial charge in [-0.1, -0.05) is 0 Å². The minimum absolute atomic E-state index is 0.00671. The monoisotopic (exact) mass is 370 g/mol. The van der Waals surface area contributed by atoms with E-state index >= 15 is 0 Å². The van der Waals surface area contributed by atoms with E-state index in [1.54, 1.807) is 0 Å². The number of nitro groups is 1. The fourth-order valence-corrected chi connectivity index (χ4v) is 1.94. The second-order valence-electron chi connectivity index (χ2n) is 4.92. The molecule has 0 saturated heterocycles. The largest absolute Gasteiger partial charge is 0.483 e. The van der Waals surface area contributed by atoms with Crippen LogP contribution in [0.4, 0.5) is 18.9 Å². The molecule has 1 rings (SSSR count). The van der Waals surface area contributed by atoms with Crippen molar-refractivity contribution >= 4 is 11.6 Å². The van der Waals surface area contributed by atoms with E-state index in [0.29, 0.717) is 6.07 Å². The number of ether oxygens (including phenoxy) is 1. The zero-order chi connectivity index (χ0) is 19.7. The number of non-ortho nitro benzene ring substituents is 1. The summed E-state index contributed by atoms with van der Waals surface area (Å²) in [6.07, 6.45) is -4.93. The summed E-state index contributed by atoms with van der Waals surface area (Å²) >= 11 is 0. The molecule has 1 amide bonds. The van der Waals surface area contributed by atoms with Crippen molar-refractivity contribution in [3.05, 3.63) is 33.9 Å². The first kappa shape index (κ1) is 20.7. The number of nitro benzene ring substituents is 1. The molecular formula is C15H13F3N4O4. The number of nitrogens with zero attached hydrogens (tertiary/aromatic N) is 4. The van der Waals surface area contributed by atoms with Crippen LogP contribution in [0.1, 0.15) is 18.4 Å². The molecule has 0 saturated carbocycles. The van der Waals surface area contributed by atoms with E-state index in [1.165, 1.54) is 0 Å². The van der Waals surface area contributed by atoms with E-state index in [2.05, 4.69) is 0 Å². The Morgan fingerprint density at radius 3 is 2.27 bits per heavy atom. The van der Waals surface area contributed by atoms with Gasteiger partial charge in [-0.2, -0.15) is 23.7 Å². The van der Waals surface area contributed by atoms with Gasteiger partial charge < -0.3 is 9.64 Å². The highest BCUT2D eigenvalue weighted by molar-refractivity contribution is 5.77. The van der Waals surface area contributed by atoms with E-state index in [1.807, 2.05) is 12.1 Å². The van der Waals surface area contributed by atoms with Crippen LogP contribution in [0, 0.1) is 32.8 Å². The summed E-state index contributed by atoms with van der Waals surface area (Å²) in [5.74, 6) is -1.43. The van der Waals surface area contributed by atoms with Gasteiger partial charge in [0.25, 0.3) is 11.6 Å². The Balaban J connectivity index is 2.94. The van der Waals surface area contributed by atoms with E-state index in [0.717, 1.165) is 17.0 Å². The molecule has 1 aromatic rings. The third-order valence-corrected chi connectivity index (χ3v) is 3.17. The third kappa shape index (κ3) is 5.94. The number of hydrogen-bond donors (Lipinski definition) is 0. The summed E-state index contributed by atoms with van der Waals surface area (Å²) in [5.41, 5.74) is -2.14. The average Bonchev–Trinajstić information content (AvgIpc) is 2.58. The lowest BCUT2D eigenvalue weighted by Gasteiger charge is -2.21. The molecule has 0 radical (unpaired) electrons. The lowest BCUT2D eigenvalue weighted by atomic mass is 10.1. The smallest absolute Gasteiger partial charge is 0.420 e. The van der Waals surface area contributed by atoms with Crippen molar-refractivity contribution in [3.63, 3.8) is 0 Å². The van der Waals surface area contributed by atoms with Crippen LogP contribution in [-0.2, 0) is 11.0 Å². The van der Waals surface area contributed by atoms with Gasteiger partial charge in [0, 0.05) is 25.2 Å². The maximum Gasteiger partial charge on any atom is 0.420 e. The molecule has 0 aliphatic heterocycles. The predicted octanol–water partition coefficient (Wildman–Crippen LogP) is 2.65. The Morgan fingerprint density at radius 2 is 1.81 bits per heavy atom. The van der Waals surface area contributed by atoms with Crippen molar-refractivity contribution in [2.75, 3.05) is 19.7 Å². The number of benzene rings is 1. The molecule has 0 aromatic heterocycles. The van der Waals surface area contributed by atoms with Crippen LogP contribution in [0.3, 0.4) is 0 Å². The lowest BCUT2D eigenvalue weighted by molar-refractivity contribution is -0.385. The maximum absolute atomic E-state index is 13.0. The van der Waals surface area contributed by atoms with Gasteiger partial charge in [-0.25, -0.2) is 0 Å². The normalized spacial score (nSPS) is 10.5. The zero-order valence-electron chi connectivity index (χ0n) is 13.3. The number of alkyl halides is 3. The Labute approximate surface area is 146 Å². The summed E-state index contributed by atoms with van der Waals surface area (Å²) in [7, 11) is 0. The molecule has 0 spiro atoms. The van der Waals surface area contributed by atoms with Crippen LogP contribution < -0.4 is 4.74 Å². The highest BCUT2D eigenvalue weighted by Gasteiger charge is 2.36. The molecule has 0 heterocycles. The van der Waals surface area contributed by atoms with E-state index in [-0.39, 0.29) is 25.9 Å². The van der Waals surface area contributed by atoms with Crippen molar-refractivity contribution in [1.82, 2.24) is 4.90 Å². The van der Waals surface area contributed by atoms with Crippen LogP contribution in [0.2, 0.25) is 0 Å². The molecule has 0 aliphatic rings. The number of carbonyl (C=O) groups excluding carboxylic acids is 1. The van der Waals surface area contributed by atoms with Crippen LogP contribution in [0.15, 0.2) is 18.2 Å². The zero-order valence-corrected chi connectivity index (χ0v) is 13.3. The molecule has 138 valence electrons. The number of hydrogen-bond acceptors (Lipinski definition) is 6. The minimum Gasteiger partial charge on any atom is -0.483 e. The SMILES string of the molecule is N#CCCN(CCC#N)C(=O)COc1ccc([N+](=O)[O-])cc1C(F)(F)F. The second-order valence-corrected chi connectivity index (χ2v) is 4.92. The number of carbonyl (C=O) groups is 1. The quantitative estimate of drug-likeness (QED) is 0.512. The standard InChI is InChI=1S/C15H13F3N4O4/c16-15(17,18)12-9-11(22(24)25)3-4-13(12)26-10-14(23)21(7-1-5-19)8-2-6-20/h3-4,9H,1-2,7-8,10H2. The Bertz CT molecular complexity index is 735. The number of rotatable bonds is 8. The van der Waals surface area contributed by atoms with Crippen LogP contribution in [0.25, 0.3) is 0 Å². The first-order valence-corrected chi connectivity index (χ1v) is 7.20. The van der Waals surface area contributed by atoms with Gasteiger partial charge in [0.2, 0.25) is 0 Å². The first-order chi connectivity index (χ1) is 12.2. The summed E-state index contributed by atoms with van der Waals surface area (Å²) < 4.78 is 44.0. The van der Waals surface area contributed by atoms with Gasteiger partial charge in [-0.3, -0.25) is 14.9 Å². The van der Waals surface area contributed by atoms with Gasteiger partial charge in [-0.05, 0) is 6.07 Å². The molecule has 0 unspecified atom stereocenters. The Morgan fingerprint density at radius 1 is 1.23 bits per heavy atom.